The highest BCUT2D eigenvalue weighted by atomic mass is 14.9. The van der Waals surface area contributed by atoms with Crippen molar-refractivity contribution in [2.24, 2.45) is 4.99 Å². The molecule has 3 rings (SSSR count). The molecule has 0 radical (unpaired) electrons. The molecule has 0 spiro atoms. The summed E-state index contributed by atoms with van der Waals surface area (Å²) < 4.78 is 0. The molecule has 0 unspecified atom stereocenters. The highest BCUT2D eigenvalue weighted by molar-refractivity contribution is 5.92. The van der Waals surface area contributed by atoms with Crippen molar-refractivity contribution in [2.75, 3.05) is 12.4 Å². The van der Waals surface area contributed by atoms with Crippen LogP contribution >= 0.6 is 0 Å². The first-order chi connectivity index (χ1) is 15.8. The third-order valence-corrected chi connectivity index (χ3v) is 5.60. The highest BCUT2D eigenvalue weighted by Crippen LogP contribution is 2.33. The Hall–Kier alpha value is -3.13. The first-order valence-corrected chi connectivity index (χ1v) is 12.0. The second-order valence-electron chi connectivity index (χ2n) is 8.72. The van der Waals surface area contributed by atoms with Crippen LogP contribution in [0.25, 0.3) is 16.8 Å². The smallest absolute Gasteiger partial charge is 0.0478 e. The maximum Gasteiger partial charge on any atom is 0.0478 e. The van der Waals surface area contributed by atoms with E-state index in [-0.39, 0.29) is 0 Å². The Bertz CT molecular complexity index is 1090. The van der Waals surface area contributed by atoms with Crippen LogP contribution in [0, 0.1) is 27.7 Å². The summed E-state index contributed by atoms with van der Waals surface area (Å²) in [7, 11) is 1.80. The average Bonchev–Trinajstić information content (AvgIpc) is 2.77. The van der Waals surface area contributed by atoms with Crippen molar-refractivity contribution >= 4 is 17.6 Å². The molecule has 33 heavy (non-hydrogen) atoms. The number of aryl methyl sites for hydroxylation is 4. The van der Waals surface area contributed by atoms with Gasteiger partial charge >= 0.3 is 0 Å². The summed E-state index contributed by atoms with van der Waals surface area (Å²) in [5.41, 5.74) is 12.4. The molecule has 0 aromatic heterocycles. The molecule has 2 heteroatoms. The third-order valence-electron chi connectivity index (χ3n) is 5.60. The summed E-state index contributed by atoms with van der Waals surface area (Å²) in [4.78, 5) is 4.20. The molecule has 0 aliphatic heterocycles. The van der Waals surface area contributed by atoms with Gasteiger partial charge < -0.3 is 5.32 Å². The van der Waals surface area contributed by atoms with Crippen LogP contribution in [-0.4, -0.2) is 13.3 Å². The number of nitrogens with one attached hydrogen (secondary N) is 1. The fraction of sp³-hybridized carbons (Fsp3) is 0.323. The fourth-order valence-corrected chi connectivity index (χ4v) is 4.29. The minimum absolute atomic E-state index is 0.443. The van der Waals surface area contributed by atoms with E-state index in [1.165, 1.54) is 44.5 Å². The number of nitrogens with zero attached hydrogens (tertiary/aromatic N) is 1. The summed E-state index contributed by atoms with van der Waals surface area (Å²) in [6.07, 6.45) is 3.93. The van der Waals surface area contributed by atoms with Crippen LogP contribution in [0.3, 0.4) is 0 Å². The van der Waals surface area contributed by atoms with Crippen LogP contribution in [0.4, 0.5) is 5.69 Å². The van der Waals surface area contributed by atoms with Gasteiger partial charge in [0.15, 0.2) is 0 Å². The number of hydrogen-bond donors (Lipinski definition) is 1. The summed E-state index contributed by atoms with van der Waals surface area (Å²) in [5, 5.41) is 3.71. The van der Waals surface area contributed by atoms with Crippen LogP contribution in [0.15, 0.2) is 65.7 Å². The molecule has 0 heterocycles. The van der Waals surface area contributed by atoms with E-state index in [1.807, 2.05) is 20.1 Å². The number of anilines is 1. The lowest BCUT2D eigenvalue weighted by atomic mass is 9.92. The van der Waals surface area contributed by atoms with Crippen LogP contribution in [0.5, 0.6) is 0 Å². The monoisotopic (exact) mass is 440 g/mol. The lowest BCUT2D eigenvalue weighted by molar-refractivity contribution is 0.869. The lowest BCUT2D eigenvalue weighted by Crippen LogP contribution is -2.06. The third kappa shape index (κ3) is 6.68. The molecule has 0 atom stereocenters. The van der Waals surface area contributed by atoms with E-state index in [0.717, 1.165) is 11.4 Å². The van der Waals surface area contributed by atoms with Crippen molar-refractivity contribution in [2.45, 2.75) is 61.3 Å². The zero-order valence-electron chi connectivity index (χ0n) is 21.9. The van der Waals surface area contributed by atoms with Gasteiger partial charge in [-0.05, 0) is 73.6 Å². The molecule has 3 aromatic carbocycles. The van der Waals surface area contributed by atoms with Gasteiger partial charge in [0, 0.05) is 30.2 Å². The quantitative estimate of drug-likeness (QED) is 0.380. The molecule has 0 aliphatic rings. The summed E-state index contributed by atoms with van der Waals surface area (Å²) >= 11 is 0. The number of para-hydroxylation sites is 1. The Labute approximate surface area is 201 Å². The number of hydrogen-bond acceptors (Lipinski definition) is 2. The molecular weight excluding hydrogens is 400 g/mol. The lowest BCUT2D eigenvalue weighted by Gasteiger charge is -2.20. The van der Waals surface area contributed by atoms with E-state index < -0.39 is 0 Å². The van der Waals surface area contributed by atoms with Gasteiger partial charge in [0.25, 0.3) is 0 Å². The van der Waals surface area contributed by atoms with Crippen LogP contribution in [0.1, 0.15) is 67.0 Å². The van der Waals surface area contributed by atoms with Gasteiger partial charge in [0.2, 0.25) is 0 Å². The number of rotatable bonds is 6. The zero-order chi connectivity index (χ0) is 24.5. The van der Waals surface area contributed by atoms with Crippen molar-refractivity contribution < 1.29 is 0 Å². The Kier molecular flexibility index (Phi) is 9.66. The van der Waals surface area contributed by atoms with E-state index >= 15 is 0 Å². The minimum atomic E-state index is 0.443. The summed E-state index contributed by atoms with van der Waals surface area (Å²) in [6.45, 7) is 17.2. The van der Waals surface area contributed by atoms with Gasteiger partial charge in [-0.1, -0.05) is 87.4 Å². The Balaban J connectivity index is 0.00000187. The number of aliphatic imine (C=N–C) groups is 1. The van der Waals surface area contributed by atoms with Crippen molar-refractivity contribution in [3.05, 3.63) is 94.1 Å². The molecule has 1 N–H and O–H groups in total. The van der Waals surface area contributed by atoms with Crippen molar-refractivity contribution in [3.8, 4) is 11.1 Å². The van der Waals surface area contributed by atoms with Gasteiger partial charge in [-0.15, -0.1) is 0 Å². The Morgan fingerprint density at radius 1 is 0.818 bits per heavy atom. The molecular formula is C31H40N2. The summed E-state index contributed by atoms with van der Waals surface area (Å²) in [6, 6.07) is 19.9. The molecule has 2 nitrogen and oxygen atoms in total. The van der Waals surface area contributed by atoms with Crippen LogP contribution in [0.2, 0.25) is 0 Å². The van der Waals surface area contributed by atoms with Gasteiger partial charge in [0.1, 0.15) is 0 Å². The molecule has 0 aliphatic carbocycles. The van der Waals surface area contributed by atoms with E-state index in [1.54, 1.807) is 7.05 Å². The van der Waals surface area contributed by atoms with Crippen molar-refractivity contribution in [3.63, 3.8) is 0 Å². The first-order valence-electron chi connectivity index (χ1n) is 12.0. The normalized spacial score (nSPS) is 11.5. The van der Waals surface area contributed by atoms with E-state index in [2.05, 4.69) is 113 Å². The largest absolute Gasteiger partial charge is 0.355 e. The zero-order valence-corrected chi connectivity index (χ0v) is 21.9. The van der Waals surface area contributed by atoms with Gasteiger partial charge in [-0.3, -0.25) is 4.99 Å². The average molecular weight is 441 g/mol. The Morgan fingerprint density at radius 3 is 1.91 bits per heavy atom. The molecule has 0 bridgehead atoms. The van der Waals surface area contributed by atoms with Gasteiger partial charge in [0.05, 0.1) is 0 Å². The Morgan fingerprint density at radius 2 is 1.36 bits per heavy atom. The van der Waals surface area contributed by atoms with E-state index in [0.29, 0.717) is 5.92 Å². The second kappa shape index (κ2) is 12.2. The van der Waals surface area contributed by atoms with Gasteiger partial charge in [-0.2, -0.15) is 0 Å². The maximum absolute atomic E-state index is 4.20. The highest BCUT2D eigenvalue weighted by Gasteiger charge is 2.14. The van der Waals surface area contributed by atoms with Crippen molar-refractivity contribution in [1.82, 2.24) is 0 Å². The molecule has 0 fully saturated rings. The second-order valence-corrected chi connectivity index (χ2v) is 8.72. The molecule has 0 saturated carbocycles. The standard InChI is InChI=1S/C29H34N2.C2H6/c1-19(2)26-10-8-9-11-27(26)31-28(12-13-30-7)29-22(5)17-25(18-23(29)6)24-15-20(3)14-21(4)16-24;1-2/h8-19,31H,1-7H3;1-2H3/b28-12-,30-13?;. The summed E-state index contributed by atoms with van der Waals surface area (Å²) in [5.74, 6) is 0.443. The minimum Gasteiger partial charge on any atom is -0.355 e. The van der Waals surface area contributed by atoms with E-state index in [4.69, 9.17) is 0 Å². The first kappa shape index (κ1) is 26.1. The number of allylic oxidation sites excluding steroid dienone is 1. The predicted molar refractivity (Wildman–Crippen MR) is 149 cm³/mol. The number of benzene rings is 3. The fourth-order valence-electron chi connectivity index (χ4n) is 4.29. The van der Waals surface area contributed by atoms with Crippen LogP contribution in [-0.2, 0) is 0 Å². The maximum atomic E-state index is 4.20. The molecule has 0 amide bonds. The van der Waals surface area contributed by atoms with Crippen LogP contribution < -0.4 is 5.32 Å². The topological polar surface area (TPSA) is 24.4 Å². The van der Waals surface area contributed by atoms with Crippen molar-refractivity contribution in [1.29, 1.82) is 0 Å². The molecule has 174 valence electrons. The SMILES string of the molecule is CC.CN=C/C=C(\Nc1ccccc1C(C)C)c1c(C)cc(-c2cc(C)cc(C)c2)cc1C. The van der Waals surface area contributed by atoms with E-state index in [9.17, 15) is 0 Å². The molecule has 0 saturated heterocycles. The molecule has 3 aromatic rings. The predicted octanol–water partition coefficient (Wildman–Crippen LogP) is 8.89. The van der Waals surface area contributed by atoms with Gasteiger partial charge in [-0.25, -0.2) is 0 Å².